The summed E-state index contributed by atoms with van der Waals surface area (Å²) in [6.07, 6.45) is 3.91. The topological polar surface area (TPSA) is 77.7 Å². The number of rotatable bonds is 3. The van der Waals surface area contributed by atoms with Crippen molar-refractivity contribution in [3.63, 3.8) is 0 Å². The van der Waals surface area contributed by atoms with Crippen LogP contribution in [0.4, 0.5) is 0 Å². The maximum atomic E-state index is 12.7. The second kappa shape index (κ2) is 6.78. The highest BCUT2D eigenvalue weighted by atomic mass is 16.2. The molecule has 1 amide bonds. The minimum atomic E-state index is -0.00421. The standard InChI is InChI=1S/C20H23N5O/c1-13-5-7-15(8-6-13)17-11-21-24-19(17)16-4-3-9-25(12-16)20(26)18-10-14(2)22-23-18/h5-8,10-11,16H,3-4,9,12H2,1-2H3,(H,21,24)(H,22,23)/t16-/m1/s1. The number of hydrogen-bond donors (Lipinski definition) is 2. The molecule has 1 aromatic carbocycles. The minimum absolute atomic E-state index is 0.00421. The average molecular weight is 349 g/mol. The SMILES string of the molecule is Cc1ccc(-c2cn[nH]c2[C@@H]2CCCN(C(=O)c3cc(C)[nH]n3)C2)cc1. The van der Waals surface area contributed by atoms with Gasteiger partial charge in [0.05, 0.1) is 6.20 Å². The van der Waals surface area contributed by atoms with Crippen LogP contribution in [0.3, 0.4) is 0 Å². The summed E-state index contributed by atoms with van der Waals surface area (Å²) in [6, 6.07) is 10.3. The summed E-state index contributed by atoms with van der Waals surface area (Å²) in [5.41, 5.74) is 6.03. The van der Waals surface area contributed by atoms with E-state index in [4.69, 9.17) is 0 Å². The number of hydrogen-bond acceptors (Lipinski definition) is 3. The fraction of sp³-hybridized carbons (Fsp3) is 0.350. The number of likely N-dealkylation sites (tertiary alicyclic amines) is 1. The molecule has 1 aliphatic heterocycles. The van der Waals surface area contributed by atoms with E-state index in [9.17, 15) is 4.79 Å². The van der Waals surface area contributed by atoms with Gasteiger partial charge in [-0.15, -0.1) is 0 Å². The van der Waals surface area contributed by atoms with Crippen molar-refractivity contribution >= 4 is 5.91 Å². The van der Waals surface area contributed by atoms with Gasteiger partial charge in [0.25, 0.3) is 5.91 Å². The van der Waals surface area contributed by atoms with Gasteiger partial charge in [-0.1, -0.05) is 29.8 Å². The summed E-state index contributed by atoms with van der Waals surface area (Å²) in [6.45, 7) is 5.45. The molecule has 1 fully saturated rings. The Hall–Kier alpha value is -2.89. The third-order valence-electron chi connectivity index (χ3n) is 5.07. The Morgan fingerprint density at radius 1 is 1.19 bits per heavy atom. The summed E-state index contributed by atoms with van der Waals surface area (Å²) < 4.78 is 0. The van der Waals surface area contributed by atoms with E-state index in [-0.39, 0.29) is 11.8 Å². The van der Waals surface area contributed by atoms with Crippen molar-refractivity contribution in [1.82, 2.24) is 25.3 Å². The second-order valence-electron chi connectivity index (χ2n) is 7.09. The van der Waals surface area contributed by atoms with E-state index in [1.807, 2.05) is 18.0 Å². The molecule has 0 spiro atoms. The zero-order valence-corrected chi connectivity index (χ0v) is 15.1. The highest BCUT2D eigenvalue weighted by molar-refractivity contribution is 5.92. The van der Waals surface area contributed by atoms with Crippen LogP contribution >= 0.6 is 0 Å². The first-order valence-electron chi connectivity index (χ1n) is 9.03. The largest absolute Gasteiger partial charge is 0.337 e. The molecule has 0 saturated carbocycles. The summed E-state index contributed by atoms with van der Waals surface area (Å²) in [5, 5.41) is 14.4. The molecule has 6 heteroatoms. The maximum Gasteiger partial charge on any atom is 0.274 e. The van der Waals surface area contributed by atoms with Crippen molar-refractivity contribution in [3.05, 3.63) is 59.2 Å². The number of carbonyl (C=O) groups is 1. The third-order valence-corrected chi connectivity index (χ3v) is 5.07. The average Bonchev–Trinajstić information content (AvgIpc) is 3.31. The Morgan fingerprint density at radius 3 is 2.73 bits per heavy atom. The molecule has 0 aliphatic carbocycles. The number of aromatic amines is 2. The van der Waals surface area contributed by atoms with Crippen molar-refractivity contribution in [2.75, 3.05) is 13.1 Å². The zero-order chi connectivity index (χ0) is 18.1. The number of piperidine rings is 1. The summed E-state index contributed by atoms with van der Waals surface area (Å²) in [7, 11) is 0. The van der Waals surface area contributed by atoms with Gasteiger partial charge in [-0.3, -0.25) is 15.0 Å². The Morgan fingerprint density at radius 2 is 2.00 bits per heavy atom. The van der Waals surface area contributed by atoms with E-state index in [0.717, 1.165) is 41.9 Å². The van der Waals surface area contributed by atoms with Crippen LogP contribution in [0, 0.1) is 13.8 Å². The fourth-order valence-corrected chi connectivity index (χ4v) is 3.66. The van der Waals surface area contributed by atoms with Crippen molar-refractivity contribution in [1.29, 1.82) is 0 Å². The highest BCUT2D eigenvalue weighted by Gasteiger charge is 2.29. The first kappa shape index (κ1) is 16.6. The lowest BCUT2D eigenvalue weighted by molar-refractivity contribution is 0.0700. The van der Waals surface area contributed by atoms with Crippen molar-refractivity contribution < 1.29 is 4.79 Å². The lowest BCUT2D eigenvalue weighted by Crippen LogP contribution is -2.39. The summed E-state index contributed by atoms with van der Waals surface area (Å²) in [4.78, 5) is 14.6. The molecule has 1 saturated heterocycles. The number of nitrogens with one attached hydrogen (secondary N) is 2. The zero-order valence-electron chi connectivity index (χ0n) is 15.1. The molecular formula is C20H23N5O. The van der Waals surface area contributed by atoms with Gasteiger partial charge in [-0.2, -0.15) is 10.2 Å². The molecular weight excluding hydrogens is 326 g/mol. The van der Waals surface area contributed by atoms with Crippen LogP contribution in [0.2, 0.25) is 0 Å². The molecule has 1 atom stereocenters. The van der Waals surface area contributed by atoms with Gasteiger partial charge in [-0.25, -0.2) is 0 Å². The maximum absolute atomic E-state index is 12.7. The van der Waals surface area contributed by atoms with Crippen LogP contribution in [-0.4, -0.2) is 44.3 Å². The van der Waals surface area contributed by atoms with Crippen molar-refractivity contribution in [2.45, 2.75) is 32.6 Å². The predicted octanol–water partition coefficient (Wildman–Crippen LogP) is 3.44. The van der Waals surface area contributed by atoms with Gasteiger partial charge in [0.1, 0.15) is 5.69 Å². The number of H-pyrrole nitrogens is 2. The normalized spacial score (nSPS) is 17.5. The van der Waals surface area contributed by atoms with Gasteiger partial charge >= 0.3 is 0 Å². The molecule has 26 heavy (non-hydrogen) atoms. The molecule has 1 aliphatic rings. The van der Waals surface area contributed by atoms with Gasteiger partial charge < -0.3 is 4.90 Å². The lowest BCUT2D eigenvalue weighted by Gasteiger charge is -2.32. The van der Waals surface area contributed by atoms with Crippen molar-refractivity contribution in [3.8, 4) is 11.1 Å². The van der Waals surface area contributed by atoms with Crippen LogP contribution in [0.15, 0.2) is 36.5 Å². The highest BCUT2D eigenvalue weighted by Crippen LogP contribution is 2.33. The number of carbonyl (C=O) groups excluding carboxylic acids is 1. The first-order chi connectivity index (χ1) is 12.6. The predicted molar refractivity (Wildman–Crippen MR) is 100.0 cm³/mol. The molecule has 0 unspecified atom stereocenters. The van der Waals surface area contributed by atoms with E-state index in [1.54, 1.807) is 6.07 Å². The molecule has 3 heterocycles. The van der Waals surface area contributed by atoms with Gasteiger partial charge in [0.2, 0.25) is 0 Å². The Bertz CT molecular complexity index is 908. The lowest BCUT2D eigenvalue weighted by atomic mass is 9.90. The summed E-state index contributed by atoms with van der Waals surface area (Å²) >= 11 is 0. The van der Waals surface area contributed by atoms with Gasteiger partial charge in [0, 0.05) is 36.0 Å². The fourth-order valence-electron chi connectivity index (χ4n) is 3.66. The third kappa shape index (κ3) is 3.14. The number of benzene rings is 1. The van der Waals surface area contributed by atoms with E-state index < -0.39 is 0 Å². The second-order valence-corrected chi connectivity index (χ2v) is 7.09. The molecule has 134 valence electrons. The van der Waals surface area contributed by atoms with Crippen LogP contribution in [0.5, 0.6) is 0 Å². The van der Waals surface area contributed by atoms with Crippen LogP contribution in [0.1, 0.15) is 46.2 Å². The Labute approximate surface area is 152 Å². The number of aromatic nitrogens is 4. The molecule has 0 bridgehead atoms. The van der Waals surface area contributed by atoms with E-state index in [0.29, 0.717) is 12.2 Å². The van der Waals surface area contributed by atoms with Crippen molar-refractivity contribution in [2.24, 2.45) is 0 Å². The Kier molecular flexibility index (Phi) is 4.32. The monoisotopic (exact) mass is 349 g/mol. The van der Waals surface area contributed by atoms with Crippen LogP contribution < -0.4 is 0 Å². The Balaban J connectivity index is 1.56. The smallest absolute Gasteiger partial charge is 0.274 e. The van der Waals surface area contributed by atoms with Gasteiger partial charge in [-0.05, 0) is 38.3 Å². The number of nitrogens with zero attached hydrogens (tertiary/aromatic N) is 3. The van der Waals surface area contributed by atoms with Crippen LogP contribution in [-0.2, 0) is 0 Å². The molecule has 6 nitrogen and oxygen atoms in total. The minimum Gasteiger partial charge on any atom is -0.337 e. The summed E-state index contributed by atoms with van der Waals surface area (Å²) in [5.74, 6) is 0.252. The van der Waals surface area contributed by atoms with E-state index in [2.05, 4.69) is 51.6 Å². The molecule has 2 N–H and O–H groups in total. The number of amides is 1. The first-order valence-corrected chi connectivity index (χ1v) is 9.03. The molecule has 2 aromatic heterocycles. The molecule has 0 radical (unpaired) electrons. The van der Waals surface area contributed by atoms with E-state index >= 15 is 0 Å². The number of aryl methyl sites for hydroxylation is 2. The quantitative estimate of drug-likeness (QED) is 0.760. The van der Waals surface area contributed by atoms with E-state index in [1.165, 1.54) is 5.56 Å². The molecule has 4 rings (SSSR count). The molecule has 3 aromatic rings. The van der Waals surface area contributed by atoms with Crippen LogP contribution in [0.25, 0.3) is 11.1 Å². The van der Waals surface area contributed by atoms with Gasteiger partial charge in [0.15, 0.2) is 0 Å².